The zero-order valence-corrected chi connectivity index (χ0v) is 6.15. The molecule has 1 unspecified atom stereocenters. The van der Waals surface area contributed by atoms with Gasteiger partial charge in [-0.15, -0.1) is 0 Å². The van der Waals surface area contributed by atoms with Crippen molar-refractivity contribution in [3.05, 3.63) is 0 Å². The van der Waals surface area contributed by atoms with E-state index in [0.717, 1.165) is 17.8 Å². The van der Waals surface area contributed by atoms with Crippen LogP contribution >= 0.6 is 0 Å². The topological polar surface area (TPSA) is 0 Å². The molecule has 0 N–H and O–H groups in total. The molecule has 1 rings (SSSR count). The standard InChI is InChI=1S/C8H16/c1-4-8-5-6(2)7(8)3/h6-8H,4-5H2,1-3H3/t6?,7-,8+/m0/s1. The molecular formula is C8H16. The second-order valence-corrected chi connectivity index (χ2v) is 3.24. The normalized spacial score (nSPS) is 46.1. The van der Waals surface area contributed by atoms with Gasteiger partial charge in [-0.2, -0.15) is 0 Å². The van der Waals surface area contributed by atoms with Crippen LogP contribution in [0.1, 0.15) is 33.6 Å². The van der Waals surface area contributed by atoms with Crippen molar-refractivity contribution in [2.75, 3.05) is 0 Å². The molecule has 1 aliphatic carbocycles. The molecule has 0 aromatic heterocycles. The zero-order valence-electron chi connectivity index (χ0n) is 6.15. The second kappa shape index (κ2) is 2.08. The van der Waals surface area contributed by atoms with Crippen LogP contribution in [0.5, 0.6) is 0 Å². The van der Waals surface area contributed by atoms with Crippen LogP contribution in [-0.2, 0) is 0 Å². The van der Waals surface area contributed by atoms with Crippen molar-refractivity contribution in [2.24, 2.45) is 17.8 Å². The average Bonchev–Trinajstić information content (AvgIpc) is 1.81. The third-order valence-electron chi connectivity index (χ3n) is 2.84. The first kappa shape index (κ1) is 6.12. The fourth-order valence-electron chi connectivity index (χ4n) is 1.71. The highest BCUT2D eigenvalue weighted by Gasteiger charge is 2.32. The summed E-state index contributed by atoms with van der Waals surface area (Å²) in [6.45, 7) is 7.03. The molecule has 1 fully saturated rings. The Kier molecular flexibility index (Phi) is 1.59. The minimum Gasteiger partial charge on any atom is -0.0651 e. The predicted molar refractivity (Wildman–Crippen MR) is 36.7 cm³/mol. The summed E-state index contributed by atoms with van der Waals surface area (Å²) in [6.07, 6.45) is 2.88. The quantitative estimate of drug-likeness (QED) is 0.489. The van der Waals surface area contributed by atoms with Crippen LogP contribution in [-0.4, -0.2) is 0 Å². The molecule has 0 saturated heterocycles. The summed E-state index contributed by atoms with van der Waals surface area (Å²) in [5, 5.41) is 0. The van der Waals surface area contributed by atoms with E-state index in [9.17, 15) is 0 Å². The summed E-state index contributed by atoms with van der Waals surface area (Å²) in [6, 6.07) is 0. The van der Waals surface area contributed by atoms with Gasteiger partial charge in [0.1, 0.15) is 0 Å². The third-order valence-corrected chi connectivity index (χ3v) is 2.84. The summed E-state index contributed by atoms with van der Waals surface area (Å²) in [5.74, 6) is 3.09. The summed E-state index contributed by atoms with van der Waals surface area (Å²) in [7, 11) is 0. The van der Waals surface area contributed by atoms with Gasteiger partial charge in [0.05, 0.1) is 0 Å². The number of hydrogen-bond acceptors (Lipinski definition) is 0. The molecule has 0 bridgehead atoms. The molecule has 0 aromatic rings. The first-order valence-electron chi connectivity index (χ1n) is 3.75. The zero-order chi connectivity index (χ0) is 6.15. The van der Waals surface area contributed by atoms with Gasteiger partial charge in [0.25, 0.3) is 0 Å². The van der Waals surface area contributed by atoms with Crippen molar-refractivity contribution in [3.8, 4) is 0 Å². The molecule has 0 amide bonds. The average molecular weight is 112 g/mol. The van der Waals surface area contributed by atoms with E-state index in [1.165, 1.54) is 12.8 Å². The Labute approximate surface area is 52.3 Å². The molecular weight excluding hydrogens is 96.1 g/mol. The Bertz CT molecular complexity index is 76.1. The van der Waals surface area contributed by atoms with E-state index in [-0.39, 0.29) is 0 Å². The SMILES string of the molecule is CC[C@@H]1CC(C)[C@@H]1C. The molecule has 0 radical (unpaired) electrons. The lowest BCUT2D eigenvalue weighted by Gasteiger charge is -2.40. The smallest absolute Gasteiger partial charge is 0.0386 e. The summed E-state index contributed by atoms with van der Waals surface area (Å²) in [5.41, 5.74) is 0. The molecule has 48 valence electrons. The van der Waals surface area contributed by atoms with Crippen LogP contribution in [0.2, 0.25) is 0 Å². The van der Waals surface area contributed by atoms with Gasteiger partial charge >= 0.3 is 0 Å². The van der Waals surface area contributed by atoms with E-state index in [2.05, 4.69) is 20.8 Å². The Morgan fingerprint density at radius 1 is 1.38 bits per heavy atom. The molecule has 0 heterocycles. The fourth-order valence-corrected chi connectivity index (χ4v) is 1.71. The minimum absolute atomic E-state index is 1.01. The fraction of sp³-hybridized carbons (Fsp3) is 1.00. The number of hydrogen-bond donors (Lipinski definition) is 0. The summed E-state index contributed by atoms with van der Waals surface area (Å²) >= 11 is 0. The molecule has 0 aromatic carbocycles. The minimum atomic E-state index is 1.01. The molecule has 1 saturated carbocycles. The molecule has 0 spiro atoms. The maximum absolute atomic E-state index is 2.38. The lowest BCUT2D eigenvalue weighted by Crippen LogP contribution is -2.31. The van der Waals surface area contributed by atoms with E-state index in [1.54, 1.807) is 0 Å². The van der Waals surface area contributed by atoms with Crippen molar-refractivity contribution < 1.29 is 0 Å². The molecule has 1 aliphatic rings. The van der Waals surface area contributed by atoms with Gasteiger partial charge in [-0.3, -0.25) is 0 Å². The van der Waals surface area contributed by atoms with Crippen LogP contribution in [0.4, 0.5) is 0 Å². The third kappa shape index (κ3) is 0.765. The van der Waals surface area contributed by atoms with Crippen molar-refractivity contribution in [2.45, 2.75) is 33.6 Å². The Balaban J connectivity index is 2.25. The first-order chi connectivity index (χ1) is 3.75. The Hall–Kier alpha value is 0. The van der Waals surface area contributed by atoms with Crippen LogP contribution in [0.25, 0.3) is 0 Å². The van der Waals surface area contributed by atoms with Crippen molar-refractivity contribution in [1.82, 2.24) is 0 Å². The van der Waals surface area contributed by atoms with Gasteiger partial charge in [-0.25, -0.2) is 0 Å². The maximum atomic E-state index is 2.38. The van der Waals surface area contributed by atoms with Crippen molar-refractivity contribution in [3.63, 3.8) is 0 Å². The van der Waals surface area contributed by atoms with E-state index >= 15 is 0 Å². The lowest BCUT2D eigenvalue weighted by molar-refractivity contribution is 0.0998. The Morgan fingerprint density at radius 3 is 2.12 bits per heavy atom. The molecule has 0 nitrogen and oxygen atoms in total. The summed E-state index contributed by atoms with van der Waals surface area (Å²) in [4.78, 5) is 0. The van der Waals surface area contributed by atoms with Gasteiger partial charge in [-0.05, 0) is 24.2 Å². The highest BCUT2D eigenvalue weighted by molar-refractivity contribution is 4.82. The number of rotatable bonds is 1. The van der Waals surface area contributed by atoms with Gasteiger partial charge in [0.2, 0.25) is 0 Å². The van der Waals surface area contributed by atoms with Gasteiger partial charge in [0, 0.05) is 0 Å². The Morgan fingerprint density at radius 2 is 2.00 bits per heavy atom. The van der Waals surface area contributed by atoms with Crippen LogP contribution in [0.15, 0.2) is 0 Å². The molecule has 0 heteroatoms. The highest BCUT2D eigenvalue weighted by atomic mass is 14.4. The van der Waals surface area contributed by atoms with Crippen LogP contribution < -0.4 is 0 Å². The van der Waals surface area contributed by atoms with Crippen LogP contribution in [0, 0.1) is 17.8 Å². The second-order valence-electron chi connectivity index (χ2n) is 3.24. The van der Waals surface area contributed by atoms with E-state index in [0.29, 0.717) is 0 Å². The van der Waals surface area contributed by atoms with E-state index in [1.807, 2.05) is 0 Å². The highest BCUT2D eigenvalue weighted by Crippen LogP contribution is 2.41. The van der Waals surface area contributed by atoms with Gasteiger partial charge in [-0.1, -0.05) is 27.2 Å². The predicted octanol–water partition coefficient (Wildman–Crippen LogP) is 2.69. The van der Waals surface area contributed by atoms with Gasteiger partial charge < -0.3 is 0 Å². The molecule has 8 heavy (non-hydrogen) atoms. The van der Waals surface area contributed by atoms with Crippen LogP contribution in [0.3, 0.4) is 0 Å². The first-order valence-corrected chi connectivity index (χ1v) is 3.75. The molecule has 0 aliphatic heterocycles. The monoisotopic (exact) mass is 112 g/mol. The van der Waals surface area contributed by atoms with Crippen molar-refractivity contribution in [1.29, 1.82) is 0 Å². The largest absolute Gasteiger partial charge is 0.0651 e. The van der Waals surface area contributed by atoms with E-state index in [4.69, 9.17) is 0 Å². The van der Waals surface area contributed by atoms with Gasteiger partial charge in [0.15, 0.2) is 0 Å². The van der Waals surface area contributed by atoms with E-state index < -0.39 is 0 Å². The maximum Gasteiger partial charge on any atom is -0.0386 e. The molecule has 3 atom stereocenters. The lowest BCUT2D eigenvalue weighted by atomic mass is 9.66. The van der Waals surface area contributed by atoms with Crippen molar-refractivity contribution >= 4 is 0 Å². The summed E-state index contributed by atoms with van der Waals surface area (Å²) < 4.78 is 0.